The molecule has 3 aromatic rings. The normalized spacial score (nSPS) is 12.3. The number of aromatic nitrogens is 2. The molecule has 1 heterocycles. The summed E-state index contributed by atoms with van der Waals surface area (Å²) >= 11 is 1.51. The van der Waals surface area contributed by atoms with E-state index in [1.807, 2.05) is 73.3 Å². The first-order valence-electron chi connectivity index (χ1n) is 9.44. The van der Waals surface area contributed by atoms with Crippen molar-refractivity contribution in [3.8, 4) is 22.8 Å². The van der Waals surface area contributed by atoms with Gasteiger partial charge in [0.1, 0.15) is 6.61 Å². The van der Waals surface area contributed by atoms with E-state index in [-0.39, 0.29) is 6.61 Å². The van der Waals surface area contributed by atoms with E-state index in [2.05, 4.69) is 17.1 Å². The van der Waals surface area contributed by atoms with Crippen molar-refractivity contribution in [1.29, 1.82) is 0 Å². The van der Waals surface area contributed by atoms with Crippen molar-refractivity contribution < 1.29 is 14.6 Å². The van der Waals surface area contributed by atoms with Crippen molar-refractivity contribution in [2.24, 2.45) is 7.05 Å². The first kappa shape index (κ1) is 21.0. The average molecular weight is 411 g/mol. The van der Waals surface area contributed by atoms with E-state index in [1.165, 1.54) is 11.8 Å². The smallest absolute Gasteiger partial charge is 0.168 e. The number of hydrogen-bond acceptors (Lipinski definition) is 5. The molecule has 152 valence electrons. The Kier molecular flexibility index (Phi) is 7.38. The molecule has 0 saturated carbocycles. The second-order valence-corrected chi connectivity index (χ2v) is 7.52. The predicted octanol–water partition coefficient (Wildman–Crippen LogP) is 4.66. The maximum absolute atomic E-state index is 10.4. The number of rotatable bonds is 9. The lowest BCUT2D eigenvalue weighted by Gasteiger charge is -2.15. The standard InChI is InChI=1S/C23H26N2O3S/c1-4-8-17-11-12-21(22(13-17)27-3)28-15-19(26)16-29-23-24-14-20(25(23)2)18-9-6-5-7-10-18/h4-14,19,26H,15-16H2,1-3H3/b8-4+. The van der Waals surface area contributed by atoms with Crippen molar-refractivity contribution in [1.82, 2.24) is 9.55 Å². The van der Waals surface area contributed by atoms with Gasteiger partial charge in [-0.3, -0.25) is 0 Å². The summed E-state index contributed by atoms with van der Waals surface area (Å²) in [5.74, 6) is 1.75. The predicted molar refractivity (Wildman–Crippen MR) is 119 cm³/mol. The summed E-state index contributed by atoms with van der Waals surface area (Å²) in [5.41, 5.74) is 3.20. The zero-order valence-corrected chi connectivity index (χ0v) is 17.7. The van der Waals surface area contributed by atoms with Crippen molar-refractivity contribution >= 4 is 17.8 Å². The van der Waals surface area contributed by atoms with Gasteiger partial charge < -0.3 is 19.1 Å². The molecule has 1 aromatic heterocycles. The summed E-state index contributed by atoms with van der Waals surface area (Å²) in [4.78, 5) is 4.48. The van der Waals surface area contributed by atoms with Crippen molar-refractivity contribution in [2.75, 3.05) is 19.5 Å². The third kappa shape index (κ3) is 5.43. The lowest BCUT2D eigenvalue weighted by Crippen LogP contribution is -2.20. The summed E-state index contributed by atoms with van der Waals surface area (Å²) in [6.07, 6.45) is 5.19. The molecule has 1 unspecified atom stereocenters. The Morgan fingerprint density at radius 3 is 2.69 bits per heavy atom. The molecule has 29 heavy (non-hydrogen) atoms. The Labute approximate surface area is 176 Å². The fourth-order valence-electron chi connectivity index (χ4n) is 2.91. The highest BCUT2D eigenvalue weighted by molar-refractivity contribution is 7.99. The van der Waals surface area contributed by atoms with Crippen molar-refractivity contribution in [2.45, 2.75) is 18.2 Å². The van der Waals surface area contributed by atoms with Gasteiger partial charge in [-0.15, -0.1) is 0 Å². The Bertz CT molecular complexity index is 954. The summed E-state index contributed by atoms with van der Waals surface area (Å²) in [5, 5.41) is 11.2. The molecule has 0 spiro atoms. The quantitative estimate of drug-likeness (QED) is 0.520. The number of hydrogen-bond donors (Lipinski definition) is 1. The minimum atomic E-state index is -0.628. The number of imidazole rings is 1. The van der Waals surface area contributed by atoms with Crippen LogP contribution in [0.5, 0.6) is 11.5 Å². The number of aliphatic hydroxyl groups is 1. The van der Waals surface area contributed by atoms with E-state index in [0.29, 0.717) is 17.3 Å². The van der Waals surface area contributed by atoms with Gasteiger partial charge in [-0.05, 0) is 30.2 Å². The van der Waals surface area contributed by atoms with Gasteiger partial charge in [0.05, 0.1) is 25.1 Å². The number of aliphatic hydroxyl groups excluding tert-OH is 1. The average Bonchev–Trinajstić information content (AvgIpc) is 3.12. The molecule has 2 aromatic carbocycles. The van der Waals surface area contributed by atoms with E-state index in [9.17, 15) is 5.11 Å². The number of ether oxygens (including phenoxy) is 2. The van der Waals surface area contributed by atoms with Crippen LogP contribution in [0.3, 0.4) is 0 Å². The van der Waals surface area contributed by atoms with E-state index >= 15 is 0 Å². The molecular formula is C23H26N2O3S. The Morgan fingerprint density at radius 1 is 1.17 bits per heavy atom. The van der Waals surface area contributed by atoms with Crippen LogP contribution in [0.25, 0.3) is 17.3 Å². The van der Waals surface area contributed by atoms with E-state index in [0.717, 1.165) is 22.0 Å². The van der Waals surface area contributed by atoms with E-state index in [4.69, 9.17) is 9.47 Å². The summed E-state index contributed by atoms with van der Waals surface area (Å²) in [7, 11) is 3.59. The number of nitrogens with zero attached hydrogens (tertiary/aromatic N) is 2. The SMILES string of the molecule is C/C=C/c1ccc(OCC(O)CSc2ncc(-c3ccccc3)n2C)c(OC)c1. The number of methoxy groups -OCH3 is 1. The zero-order chi connectivity index (χ0) is 20.6. The van der Waals surface area contributed by atoms with E-state index < -0.39 is 6.10 Å². The first-order chi connectivity index (χ1) is 14.1. The Balaban J connectivity index is 1.56. The molecule has 6 heteroatoms. The number of thioether (sulfide) groups is 1. The van der Waals surface area contributed by atoms with Gasteiger partial charge in [0.15, 0.2) is 16.7 Å². The highest BCUT2D eigenvalue weighted by Gasteiger charge is 2.13. The molecule has 0 saturated heterocycles. The highest BCUT2D eigenvalue weighted by Crippen LogP contribution is 2.29. The Morgan fingerprint density at radius 2 is 1.97 bits per heavy atom. The minimum Gasteiger partial charge on any atom is -0.493 e. The van der Waals surface area contributed by atoms with Crippen LogP contribution >= 0.6 is 11.8 Å². The molecule has 0 radical (unpaired) electrons. The molecule has 5 nitrogen and oxygen atoms in total. The summed E-state index contributed by atoms with van der Waals surface area (Å²) < 4.78 is 13.2. The van der Waals surface area contributed by atoms with Crippen LogP contribution in [0, 0.1) is 0 Å². The van der Waals surface area contributed by atoms with Crippen LogP contribution in [0.2, 0.25) is 0 Å². The zero-order valence-electron chi connectivity index (χ0n) is 16.9. The van der Waals surface area contributed by atoms with Crippen LogP contribution < -0.4 is 9.47 Å². The summed E-state index contributed by atoms with van der Waals surface area (Å²) in [6, 6.07) is 15.9. The van der Waals surface area contributed by atoms with Crippen molar-refractivity contribution in [3.63, 3.8) is 0 Å². The second kappa shape index (κ2) is 10.2. The third-order valence-corrected chi connectivity index (χ3v) is 5.59. The van der Waals surface area contributed by atoms with Gasteiger partial charge in [0, 0.05) is 12.8 Å². The highest BCUT2D eigenvalue weighted by atomic mass is 32.2. The van der Waals surface area contributed by atoms with Gasteiger partial charge in [0.2, 0.25) is 0 Å². The van der Waals surface area contributed by atoms with Crippen LogP contribution in [-0.4, -0.2) is 40.2 Å². The van der Waals surface area contributed by atoms with Crippen LogP contribution in [0.15, 0.2) is 66.0 Å². The van der Waals surface area contributed by atoms with Crippen LogP contribution in [-0.2, 0) is 7.05 Å². The molecule has 3 rings (SSSR count). The van der Waals surface area contributed by atoms with Crippen molar-refractivity contribution in [3.05, 3.63) is 66.4 Å². The lowest BCUT2D eigenvalue weighted by atomic mass is 10.2. The largest absolute Gasteiger partial charge is 0.493 e. The summed E-state index contributed by atoms with van der Waals surface area (Å²) in [6.45, 7) is 2.15. The van der Waals surface area contributed by atoms with Gasteiger partial charge in [0.25, 0.3) is 0 Å². The maximum atomic E-state index is 10.4. The minimum absolute atomic E-state index is 0.183. The monoisotopic (exact) mass is 410 g/mol. The van der Waals surface area contributed by atoms with E-state index in [1.54, 1.807) is 7.11 Å². The van der Waals surface area contributed by atoms with Gasteiger partial charge in [-0.1, -0.05) is 60.3 Å². The Hall–Kier alpha value is -2.70. The molecule has 0 aliphatic carbocycles. The first-order valence-corrected chi connectivity index (χ1v) is 10.4. The molecule has 1 atom stereocenters. The number of allylic oxidation sites excluding steroid dienone is 1. The van der Waals surface area contributed by atoms with Gasteiger partial charge in [-0.25, -0.2) is 4.98 Å². The molecule has 1 N–H and O–H groups in total. The molecule has 0 aliphatic heterocycles. The molecule has 0 fully saturated rings. The number of benzene rings is 2. The molecule has 0 amide bonds. The lowest BCUT2D eigenvalue weighted by molar-refractivity contribution is 0.124. The van der Waals surface area contributed by atoms with Crippen LogP contribution in [0.4, 0.5) is 0 Å². The topological polar surface area (TPSA) is 56.5 Å². The van der Waals surface area contributed by atoms with Crippen LogP contribution in [0.1, 0.15) is 12.5 Å². The third-order valence-electron chi connectivity index (χ3n) is 4.40. The fraction of sp³-hybridized carbons (Fsp3) is 0.261. The molecule has 0 aliphatic rings. The van der Waals surface area contributed by atoms with Gasteiger partial charge in [-0.2, -0.15) is 0 Å². The van der Waals surface area contributed by atoms with Gasteiger partial charge >= 0.3 is 0 Å². The maximum Gasteiger partial charge on any atom is 0.168 e. The second-order valence-electron chi connectivity index (χ2n) is 6.54. The molecular weight excluding hydrogens is 384 g/mol. The fourth-order valence-corrected chi connectivity index (χ4v) is 3.77. The molecule has 0 bridgehead atoms.